The Morgan fingerprint density at radius 3 is 2.41 bits per heavy atom. The fraction of sp³-hybridized carbons (Fsp3) is 0.688. The zero-order valence-corrected chi connectivity index (χ0v) is 23.2. The topological polar surface area (TPSA) is 78.4 Å². The Hall–Kier alpha value is -2.14. The molecule has 1 aromatic rings. The van der Waals surface area contributed by atoms with Gasteiger partial charge in [-0.15, -0.1) is 0 Å². The molecule has 202 valence electrons. The molecule has 4 aliphatic rings. The van der Waals surface area contributed by atoms with Crippen LogP contribution in [0.4, 0.5) is 11.4 Å². The van der Waals surface area contributed by atoms with Crippen LogP contribution < -0.4 is 10.6 Å². The van der Waals surface area contributed by atoms with E-state index in [0.29, 0.717) is 29.1 Å². The molecule has 0 bridgehead atoms. The fourth-order valence-corrected chi connectivity index (χ4v) is 9.24. The zero-order chi connectivity index (χ0) is 26.4. The van der Waals surface area contributed by atoms with Gasteiger partial charge in [-0.2, -0.15) is 0 Å². The van der Waals surface area contributed by atoms with E-state index < -0.39 is 0 Å². The van der Waals surface area contributed by atoms with Crippen molar-refractivity contribution in [2.24, 2.45) is 40.4 Å². The highest BCUT2D eigenvalue weighted by Gasteiger charge is 2.59. The van der Waals surface area contributed by atoms with E-state index in [2.05, 4.69) is 37.5 Å². The molecule has 5 heteroatoms. The highest BCUT2D eigenvalue weighted by molar-refractivity contribution is 5.92. The second-order valence-electron chi connectivity index (χ2n) is 13.2. The van der Waals surface area contributed by atoms with E-state index in [0.717, 1.165) is 54.8 Å². The Morgan fingerprint density at radius 1 is 1.00 bits per heavy atom. The molecule has 0 aromatic heterocycles. The molecule has 37 heavy (non-hydrogen) atoms. The van der Waals surface area contributed by atoms with Crippen LogP contribution in [0, 0.1) is 40.4 Å². The minimum absolute atomic E-state index is 0.0693. The largest absolute Gasteiger partial charge is 0.393 e. The number of allylic oxidation sites excluding steroid dienone is 1. The van der Waals surface area contributed by atoms with Crippen LogP contribution in [-0.2, 0) is 9.59 Å². The second kappa shape index (κ2) is 10.2. The zero-order valence-electron chi connectivity index (χ0n) is 23.2. The molecule has 0 heterocycles. The summed E-state index contributed by atoms with van der Waals surface area (Å²) in [6.07, 6.45) is 13.3. The van der Waals surface area contributed by atoms with Gasteiger partial charge in [-0.25, -0.2) is 0 Å². The molecule has 5 nitrogen and oxygen atoms in total. The van der Waals surface area contributed by atoms with Gasteiger partial charge in [0.2, 0.25) is 11.8 Å². The summed E-state index contributed by atoms with van der Waals surface area (Å²) < 4.78 is 0. The van der Waals surface area contributed by atoms with Crippen molar-refractivity contribution in [2.75, 3.05) is 10.6 Å². The molecule has 3 fully saturated rings. The lowest BCUT2D eigenvalue weighted by Crippen LogP contribution is -2.50. The first kappa shape index (κ1) is 26.5. The lowest BCUT2D eigenvalue weighted by Gasteiger charge is -2.58. The average molecular weight is 507 g/mol. The molecule has 0 unspecified atom stereocenters. The number of benzene rings is 1. The number of fused-ring (bicyclic) bond motifs is 5. The molecule has 5 rings (SSSR count). The van der Waals surface area contributed by atoms with Gasteiger partial charge in [0.15, 0.2) is 0 Å². The summed E-state index contributed by atoms with van der Waals surface area (Å²) in [7, 11) is 0. The van der Waals surface area contributed by atoms with Crippen LogP contribution in [-0.4, -0.2) is 23.0 Å². The van der Waals surface area contributed by atoms with E-state index in [-0.39, 0.29) is 17.9 Å². The van der Waals surface area contributed by atoms with Crippen LogP contribution in [0.5, 0.6) is 0 Å². The lowest BCUT2D eigenvalue weighted by molar-refractivity contribution is -0.117. The van der Waals surface area contributed by atoms with Gasteiger partial charge in [-0.1, -0.05) is 32.4 Å². The van der Waals surface area contributed by atoms with E-state index in [4.69, 9.17) is 0 Å². The van der Waals surface area contributed by atoms with Crippen molar-refractivity contribution in [1.29, 1.82) is 0 Å². The number of aliphatic hydroxyl groups excluding tert-OH is 1. The van der Waals surface area contributed by atoms with Crippen molar-refractivity contribution in [3.8, 4) is 0 Å². The molecular weight excluding hydrogens is 460 g/mol. The minimum atomic E-state index is -0.137. The van der Waals surface area contributed by atoms with Crippen molar-refractivity contribution in [3.05, 3.63) is 35.9 Å². The average Bonchev–Trinajstić information content (AvgIpc) is 3.21. The van der Waals surface area contributed by atoms with Crippen LogP contribution in [0.15, 0.2) is 35.9 Å². The van der Waals surface area contributed by atoms with Crippen LogP contribution >= 0.6 is 0 Å². The van der Waals surface area contributed by atoms with Gasteiger partial charge in [-0.05, 0) is 122 Å². The number of nitrogens with one attached hydrogen (secondary N) is 2. The highest BCUT2D eigenvalue weighted by atomic mass is 16.3. The summed E-state index contributed by atoms with van der Waals surface area (Å²) in [5.41, 5.74) is 3.73. The molecule has 0 radical (unpaired) electrons. The summed E-state index contributed by atoms with van der Waals surface area (Å²) in [6, 6.07) is 7.31. The lowest BCUT2D eigenvalue weighted by atomic mass is 9.47. The first-order chi connectivity index (χ1) is 17.6. The van der Waals surface area contributed by atoms with Gasteiger partial charge < -0.3 is 15.7 Å². The maximum atomic E-state index is 12.7. The molecular formula is C32H46N2O3. The van der Waals surface area contributed by atoms with Gasteiger partial charge in [-0.3, -0.25) is 9.59 Å². The van der Waals surface area contributed by atoms with E-state index in [1.54, 1.807) is 5.57 Å². The Labute approximate surface area is 222 Å². The molecule has 3 N–H and O–H groups in total. The number of rotatable bonds is 6. The van der Waals surface area contributed by atoms with Gasteiger partial charge in [0.1, 0.15) is 0 Å². The van der Waals surface area contributed by atoms with Crippen LogP contribution in [0.2, 0.25) is 0 Å². The summed E-state index contributed by atoms with van der Waals surface area (Å²) in [5.74, 6) is 3.54. The molecule has 3 saturated carbocycles. The third-order valence-electron chi connectivity index (χ3n) is 11.2. The monoisotopic (exact) mass is 506 g/mol. The van der Waals surface area contributed by atoms with Gasteiger partial charge in [0.25, 0.3) is 0 Å². The van der Waals surface area contributed by atoms with Crippen molar-refractivity contribution in [2.45, 2.75) is 98.0 Å². The van der Waals surface area contributed by atoms with E-state index in [1.165, 1.54) is 39.0 Å². The maximum absolute atomic E-state index is 12.7. The third kappa shape index (κ3) is 5.01. The fourth-order valence-electron chi connectivity index (χ4n) is 9.24. The summed E-state index contributed by atoms with van der Waals surface area (Å²) in [5, 5.41) is 16.1. The number of anilines is 2. The summed E-state index contributed by atoms with van der Waals surface area (Å²) >= 11 is 0. The molecule has 4 aliphatic carbocycles. The first-order valence-electron chi connectivity index (χ1n) is 14.7. The Morgan fingerprint density at radius 2 is 1.70 bits per heavy atom. The number of amides is 2. The van der Waals surface area contributed by atoms with Crippen molar-refractivity contribution >= 4 is 23.2 Å². The van der Waals surface area contributed by atoms with E-state index >= 15 is 0 Å². The highest BCUT2D eigenvalue weighted by Crippen LogP contribution is 2.67. The molecule has 0 aliphatic heterocycles. The Bertz CT molecular complexity index is 1050. The van der Waals surface area contributed by atoms with Crippen molar-refractivity contribution < 1.29 is 14.7 Å². The van der Waals surface area contributed by atoms with Crippen LogP contribution in [0.1, 0.15) is 91.9 Å². The minimum Gasteiger partial charge on any atom is -0.393 e. The molecule has 2 amide bonds. The summed E-state index contributed by atoms with van der Waals surface area (Å²) in [4.78, 5) is 23.9. The molecule has 1 aromatic carbocycles. The molecule has 0 saturated heterocycles. The van der Waals surface area contributed by atoms with Crippen LogP contribution in [0.25, 0.3) is 0 Å². The number of carbonyl (C=O) groups is 2. The Balaban J connectivity index is 1.18. The van der Waals surface area contributed by atoms with Crippen molar-refractivity contribution in [1.82, 2.24) is 0 Å². The number of hydrogen-bond donors (Lipinski definition) is 3. The van der Waals surface area contributed by atoms with E-state index in [1.807, 2.05) is 24.3 Å². The number of hydrogen-bond acceptors (Lipinski definition) is 3. The standard InChI is InChI=1S/C32H46N2O3/c1-20(5-14-30(37)34-24-9-7-23(8-10-24)33-21(2)35)27-12-13-28-26-11-6-22-19-25(36)15-17-31(22,3)29(26)16-18-32(27,28)4/h6-10,20,25-29,36H,5,11-19H2,1-4H3,(H,33,35)(H,34,37)/t20-,25+,26+,27-,28+,29+,31+,32-/m1/s1. The van der Waals surface area contributed by atoms with Gasteiger partial charge >= 0.3 is 0 Å². The number of aliphatic hydroxyl groups is 1. The van der Waals surface area contributed by atoms with Crippen LogP contribution in [0.3, 0.4) is 0 Å². The third-order valence-corrected chi connectivity index (χ3v) is 11.2. The Kier molecular flexibility index (Phi) is 7.30. The molecule has 8 atom stereocenters. The quantitative estimate of drug-likeness (QED) is 0.366. The predicted octanol–water partition coefficient (Wildman–Crippen LogP) is 6.94. The maximum Gasteiger partial charge on any atom is 0.224 e. The first-order valence-corrected chi connectivity index (χ1v) is 14.7. The molecule has 0 spiro atoms. The van der Waals surface area contributed by atoms with E-state index in [9.17, 15) is 14.7 Å². The van der Waals surface area contributed by atoms with Gasteiger partial charge in [0, 0.05) is 24.7 Å². The normalized spacial score (nSPS) is 37.4. The van der Waals surface area contributed by atoms with Crippen molar-refractivity contribution in [3.63, 3.8) is 0 Å². The second-order valence-corrected chi connectivity index (χ2v) is 13.2. The smallest absolute Gasteiger partial charge is 0.224 e. The predicted molar refractivity (Wildman–Crippen MR) is 149 cm³/mol. The SMILES string of the molecule is CC(=O)Nc1ccc(NC(=O)CC[C@@H](C)[C@H]2CC[C@H]3[C@@H]4CC=C5C[C@@H](O)CC[C@]5(C)[C@H]4CC[C@]23C)cc1. The number of carbonyl (C=O) groups excluding carboxylic acids is 2. The van der Waals surface area contributed by atoms with Gasteiger partial charge in [0.05, 0.1) is 6.10 Å². The summed E-state index contributed by atoms with van der Waals surface area (Å²) in [6.45, 7) is 8.94.